The molecule has 0 aromatic rings. The monoisotopic (exact) mass is 430 g/mol. The SMILES string of the molecule is C/C=C(/C)C(=O)O[C@H]1C(C)=C[C@]23C(=O)[C@@H](C=C(CO)[C@@H](O)[C@]12O)C1[C@H](C[C@H]3C)C1(C)C. The lowest BCUT2D eigenvalue weighted by molar-refractivity contribution is -0.201. The van der Waals surface area contributed by atoms with E-state index in [1.807, 2.05) is 6.92 Å². The first-order valence-electron chi connectivity index (χ1n) is 11.2. The number of carbonyl (C=O) groups is 2. The standard InChI is InChI=1S/C25H34O6/c1-7-12(2)22(29)31-21-13(3)10-24-14(4)8-17-18(23(17,5)6)16(20(24)28)9-15(11-26)19(27)25(21,24)30/h7,9-10,14,16-19,21,26-27,30H,8,11H2,1-6H3/b12-7-/t14-,16+,17+,18?,19-,21+,24+,25+/m1/s1. The second kappa shape index (κ2) is 6.87. The van der Waals surface area contributed by atoms with Crippen LogP contribution in [-0.2, 0) is 14.3 Å². The zero-order valence-corrected chi connectivity index (χ0v) is 19.2. The quantitative estimate of drug-likeness (QED) is 0.361. The highest BCUT2D eigenvalue weighted by Gasteiger charge is 2.76. The molecule has 6 heteroatoms. The van der Waals surface area contributed by atoms with Gasteiger partial charge in [0.15, 0.2) is 17.5 Å². The van der Waals surface area contributed by atoms with Crippen molar-refractivity contribution in [3.8, 4) is 0 Å². The van der Waals surface area contributed by atoms with Gasteiger partial charge in [-0.15, -0.1) is 0 Å². The first-order chi connectivity index (χ1) is 14.4. The lowest BCUT2D eigenvalue weighted by Crippen LogP contribution is -2.65. The second-order valence-electron chi connectivity index (χ2n) is 10.6. The van der Waals surface area contributed by atoms with Gasteiger partial charge >= 0.3 is 5.97 Å². The molecule has 0 aliphatic heterocycles. The Morgan fingerprint density at radius 1 is 1.35 bits per heavy atom. The molecule has 2 bridgehead atoms. The summed E-state index contributed by atoms with van der Waals surface area (Å²) in [5.41, 5.74) is -2.36. The van der Waals surface area contributed by atoms with Gasteiger partial charge in [0.05, 0.1) is 12.0 Å². The maximum absolute atomic E-state index is 14.2. The van der Waals surface area contributed by atoms with Crippen LogP contribution in [0.5, 0.6) is 0 Å². The Morgan fingerprint density at radius 2 is 2.00 bits per heavy atom. The minimum atomic E-state index is -2.08. The van der Waals surface area contributed by atoms with E-state index >= 15 is 0 Å². The van der Waals surface area contributed by atoms with Gasteiger partial charge in [-0.25, -0.2) is 4.79 Å². The maximum atomic E-state index is 14.2. The molecule has 0 radical (unpaired) electrons. The second-order valence-corrected chi connectivity index (χ2v) is 10.6. The van der Waals surface area contributed by atoms with Gasteiger partial charge in [-0.1, -0.05) is 39.0 Å². The van der Waals surface area contributed by atoms with E-state index in [1.54, 1.807) is 39.0 Å². The molecule has 0 saturated heterocycles. The lowest BCUT2D eigenvalue weighted by Gasteiger charge is -2.48. The predicted molar refractivity (Wildman–Crippen MR) is 115 cm³/mol. The number of hydrogen-bond donors (Lipinski definition) is 3. The number of carbonyl (C=O) groups excluding carboxylic acids is 2. The van der Waals surface area contributed by atoms with Crippen molar-refractivity contribution in [3.63, 3.8) is 0 Å². The number of rotatable bonds is 3. The van der Waals surface area contributed by atoms with Crippen molar-refractivity contribution < 1.29 is 29.6 Å². The van der Waals surface area contributed by atoms with Gasteiger partial charge < -0.3 is 20.1 Å². The molecule has 4 aliphatic carbocycles. The molecule has 2 saturated carbocycles. The third-order valence-electron chi connectivity index (χ3n) is 8.88. The molecule has 0 heterocycles. The number of aliphatic hydroxyl groups is 3. The Morgan fingerprint density at radius 3 is 2.58 bits per heavy atom. The molecule has 3 N–H and O–H groups in total. The highest BCUT2D eigenvalue weighted by Crippen LogP contribution is 2.71. The number of allylic oxidation sites excluding steroid dienone is 2. The van der Waals surface area contributed by atoms with E-state index in [0.29, 0.717) is 17.1 Å². The lowest BCUT2D eigenvalue weighted by atomic mass is 9.59. The summed E-state index contributed by atoms with van der Waals surface area (Å²) >= 11 is 0. The fraction of sp³-hybridized carbons (Fsp3) is 0.680. The van der Waals surface area contributed by atoms with Crippen molar-refractivity contribution in [3.05, 3.63) is 34.9 Å². The van der Waals surface area contributed by atoms with Crippen molar-refractivity contribution in [1.29, 1.82) is 0 Å². The molecule has 31 heavy (non-hydrogen) atoms. The zero-order chi connectivity index (χ0) is 23.1. The smallest absolute Gasteiger partial charge is 0.334 e. The van der Waals surface area contributed by atoms with Crippen LogP contribution in [0.15, 0.2) is 34.9 Å². The summed E-state index contributed by atoms with van der Waals surface area (Å²) in [6, 6.07) is 0. The van der Waals surface area contributed by atoms with Gasteiger partial charge in [0, 0.05) is 11.5 Å². The van der Waals surface area contributed by atoms with E-state index in [0.717, 1.165) is 6.42 Å². The normalized spacial score (nSPS) is 45.6. The number of ketones is 1. The molecule has 1 unspecified atom stereocenters. The number of aliphatic hydroxyl groups excluding tert-OH is 2. The van der Waals surface area contributed by atoms with Crippen molar-refractivity contribution in [2.24, 2.45) is 34.5 Å². The van der Waals surface area contributed by atoms with E-state index in [4.69, 9.17) is 4.74 Å². The summed E-state index contributed by atoms with van der Waals surface area (Å²) in [5.74, 6) is -1.13. The summed E-state index contributed by atoms with van der Waals surface area (Å²) in [6.45, 7) is 10.8. The third kappa shape index (κ3) is 2.61. The van der Waals surface area contributed by atoms with Crippen LogP contribution in [0.2, 0.25) is 0 Å². The Hall–Kier alpha value is -1.76. The van der Waals surface area contributed by atoms with Gasteiger partial charge in [-0.2, -0.15) is 0 Å². The Kier molecular flexibility index (Phi) is 4.97. The highest BCUT2D eigenvalue weighted by molar-refractivity contribution is 5.96. The van der Waals surface area contributed by atoms with Gasteiger partial charge in [0.1, 0.15) is 6.10 Å². The van der Waals surface area contributed by atoms with Crippen molar-refractivity contribution in [2.75, 3.05) is 6.61 Å². The molecule has 0 aromatic heterocycles. The van der Waals surface area contributed by atoms with Gasteiger partial charge in [0.2, 0.25) is 0 Å². The van der Waals surface area contributed by atoms with Crippen LogP contribution < -0.4 is 0 Å². The number of hydrogen-bond acceptors (Lipinski definition) is 6. The van der Waals surface area contributed by atoms with Gasteiger partial charge in [-0.05, 0) is 61.5 Å². The Balaban J connectivity index is 1.91. The summed E-state index contributed by atoms with van der Waals surface area (Å²) in [5, 5.41) is 33.7. The molecule has 4 rings (SSSR count). The topological polar surface area (TPSA) is 104 Å². The van der Waals surface area contributed by atoms with Crippen molar-refractivity contribution in [2.45, 2.75) is 65.8 Å². The van der Waals surface area contributed by atoms with Crippen LogP contribution in [0, 0.1) is 34.5 Å². The molecule has 4 aliphatic rings. The molecular weight excluding hydrogens is 396 g/mol. The van der Waals surface area contributed by atoms with E-state index < -0.39 is 41.7 Å². The average Bonchev–Trinajstić information content (AvgIpc) is 3.21. The summed E-state index contributed by atoms with van der Waals surface area (Å²) in [4.78, 5) is 26.8. The van der Waals surface area contributed by atoms with Gasteiger partial charge in [-0.3, -0.25) is 4.79 Å². The first-order valence-corrected chi connectivity index (χ1v) is 11.2. The van der Waals surface area contributed by atoms with E-state index in [-0.39, 0.29) is 28.6 Å². The Bertz CT molecular complexity index is 926. The first kappa shape index (κ1) is 22.4. The fourth-order valence-electron chi connectivity index (χ4n) is 6.91. The van der Waals surface area contributed by atoms with Crippen molar-refractivity contribution in [1.82, 2.24) is 0 Å². The Labute approximate surface area is 183 Å². The maximum Gasteiger partial charge on any atom is 0.334 e. The van der Waals surface area contributed by atoms with Crippen LogP contribution in [0.25, 0.3) is 0 Å². The minimum Gasteiger partial charge on any atom is -0.451 e. The zero-order valence-electron chi connectivity index (χ0n) is 19.2. The molecule has 170 valence electrons. The molecule has 6 nitrogen and oxygen atoms in total. The molecule has 0 amide bonds. The minimum absolute atomic E-state index is 0.0209. The summed E-state index contributed by atoms with van der Waals surface area (Å²) in [7, 11) is 0. The average molecular weight is 431 g/mol. The summed E-state index contributed by atoms with van der Waals surface area (Å²) in [6.07, 6.45) is 3.04. The molecule has 0 aromatic carbocycles. The summed E-state index contributed by atoms with van der Waals surface area (Å²) < 4.78 is 5.72. The van der Waals surface area contributed by atoms with E-state index in [9.17, 15) is 24.9 Å². The number of ether oxygens (including phenoxy) is 1. The molecular formula is C25H34O6. The highest BCUT2D eigenvalue weighted by atomic mass is 16.6. The van der Waals surface area contributed by atoms with Crippen LogP contribution in [-0.4, -0.2) is 51.5 Å². The molecule has 1 spiro atoms. The molecule has 8 atom stereocenters. The van der Waals surface area contributed by atoms with Crippen molar-refractivity contribution >= 4 is 11.8 Å². The third-order valence-corrected chi connectivity index (χ3v) is 8.88. The number of fused-ring (bicyclic) bond motifs is 3. The van der Waals surface area contributed by atoms with Crippen LogP contribution >= 0.6 is 0 Å². The van der Waals surface area contributed by atoms with Gasteiger partial charge in [0.25, 0.3) is 0 Å². The fourth-order valence-corrected chi connectivity index (χ4v) is 6.91. The predicted octanol–water partition coefficient (Wildman–Crippen LogP) is 2.33. The van der Waals surface area contributed by atoms with Crippen LogP contribution in [0.1, 0.15) is 48.0 Å². The number of esters is 1. The number of Topliss-reactive ketones (excluding diaryl/α,β-unsaturated/α-hetero) is 1. The van der Waals surface area contributed by atoms with Crippen LogP contribution in [0.4, 0.5) is 0 Å². The van der Waals surface area contributed by atoms with Crippen LogP contribution in [0.3, 0.4) is 0 Å². The van der Waals surface area contributed by atoms with E-state index in [1.165, 1.54) is 0 Å². The molecule has 2 fully saturated rings. The van der Waals surface area contributed by atoms with E-state index in [2.05, 4.69) is 13.8 Å². The largest absolute Gasteiger partial charge is 0.451 e.